The third kappa shape index (κ3) is 0.823. The number of hydrogen-bond donors (Lipinski definition) is 0. The van der Waals surface area contributed by atoms with E-state index in [1.807, 2.05) is 0 Å². The maximum atomic E-state index is 5.02. The van der Waals surface area contributed by atoms with Crippen molar-refractivity contribution in [2.24, 2.45) is 0 Å². The monoisotopic (exact) mass is 151 g/mol. The molecule has 0 fully saturated rings. The highest BCUT2D eigenvalue weighted by Crippen LogP contribution is 2.19. The predicted molar refractivity (Wildman–Crippen MR) is 36.4 cm³/mol. The molecule has 4 heteroatoms. The summed E-state index contributed by atoms with van der Waals surface area (Å²) in [4.78, 5) is 8.62. The first-order valence-corrected chi connectivity index (χ1v) is 3.50. The van der Waals surface area contributed by atoms with Gasteiger partial charge < -0.3 is 4.42 Å². The zero-order chi connectivity index (χ0) is 6.81. The standard InChI is InChI=1S/C6H3N2OS/c1-2-9-6(8-1)5-3-7-4-10-5/h1-3H. The fourth-order valence-electron chi connectivity index (χ4n) is 0.631. The lowest BCUT2D eigenvalue weighted by atomic mass is 10.6. The summed E-state index contributed by atoms with van der Waals surface area (Å²) in [5.74, 6) is 0.610. The fraction of sp³-hybridized carbons (Fsp3) is 0. The van der Waals surface area contributed by atoms with Crippen molar-refractivity contribution in [2.75, 3.05) is 0 Å². The van der Waals surface area contributed by atoms with Crippen LogP contribution in [0.25, 0.3) is 10.8 Å². The van der Waals surface area contributed by atoms with Gasteiger partial charge in [0, 0.05) is 0 Å². The molecule has 0 aromatic carbocycles. The summed E-state index contributed by atoms with van der Waals surface area (Å²) in [5, 5.41) is 0. The molecule has 10 heavy (non-hydrogen) atoms. The van der Waals surface area contributed by atoms with Crippen LogP contribution >= 0.6 is 11.3 Å². The topological polar surface area (TPSA) is 38.9 Å². The van der Waals surface area contributed by atoms with Crippen LogP contribution in [0.3, 0.4) is 0 Å². The second-order valence-corrected chi connectivity index (χ2v) is 2.48. The molecular formula is C6H3N2OS. The van der Waals surface area contributed by atoms with E-state index in [1.54, 1.807) is 12.4 Å². The van der Waals surface area contributed by atoms with Crippen LogP contribution in [0.2, 0.25) is 0 Å². The number of aromatic nitrogens is 2. The molecule has 0 unspecified atom stereocenters. The zero-order valence-corrected chi connectivity index (χ0v) is 5.76. The van der Waals surface area contributed by atoms with E-state index in [0.29, 0.717) is 5.89 Å². The highest BCUT2D eigenvalue weighted by molar-refractivity contribution is 7.12. The highest BCUT2D eigenvalue weighted by Gasteiger charge is 2.01. The number of hydrogen-bond acceptors (Lipinski definition) is 4. The normalized spacial score (nSPS) is 10.0. The van der Waals surface area contributed by atoms with Crippen LogP contribution in [0.4, 0.5) is 0 Å². The van der Waals surface area contributed by atoms with Crippen molar-refractivity contribution >= 4 is 11.3 Å². The maximum Gasteiger partial charge on any atom is 0.237 e. The minimum Gasteiger partial charge on any atom is -0.444 e. The van der Waals surface area contributed by atoms with Crippen LogP contribution in [0.15, 0.2) is 23.1 Å². The first-order chi connectivity index (χ1) is 4.97. The first-order valence-electron chi connectivity index (χ1n) is 2.68. The van der Waals surface area contributed by atoms with Crippen LogP contribution in [0.1, 0.15) is 0 Å². The molecule has 0 amide bonds. The van der Waals surface area contributed by atoms with Gasteiger partial charge in [0.25, 0.3) is 0 Å². The Hall–Kier alpha value is -1.16. The highest BCUT2D eigenvalue weighted by atomic mass is 32.1. The molecule has 0 aliphatic carbocycles. The van der Waals surface area contributed by atoms with Crippen molar-refractivity contribution < 1.29 is 4.42 Å². The van der Waals surface area contributed by atoms with Crippen molar-refractivity contribution in [3.63, 3.8) is 0 Å². The molecule has 2 rings (SSSR count). The van der Waals surface area contributed by atoms with Crippen molar-refractivity contribution in [1.82, 2.24) is 9.97 Å². The summed E-state index contributed by atoms with van der Waals surface area (Å²) in [6, 6.07) is 0. The third-order valence-electron chi connectivity index (χ3n) is 1.03. The first kappa shape index (κ1) is 5.61. The molecule has 0 saturated carbocycles. The summed E-state index contributed by atoms with van der Waals surface area (Å²) >= 11 is 1.39. The van der Waals surface area contributed by atoms with Gasteiger partial charge in [-0.2, -0.15) is 0 Å². The fourth-order valence-corrected chi connectivity index (χ4v) is 1.13. The molecule has 3 nitrogen and oxygen atoms in total. The van der Waals surface area contributed by atoms with Crippen molar-refractivity contribution in [3.05, 3.63) is 24.2 Å². The van der Waals surface area contributed by atoms with E-state index in [-0.39, 0.29) is 0 Å². The number of oxazole rings is 1. The molecule has 2 heterocycles. The summed E-state index contributed by atoms with van der Waals surface area (Å²) in [5.41, 5.74) is 2.71. The van der Waals surface area contributed by atoms with Crippen LogP contribution in [-0.2, 0) is 0 Å². The van der Waals surface area contributed by atoms with Gasteiger partial charge in [-0.3, -0.25) is 0 Å². The van der Waals surface area contributed by atoms with E-state index in [2.05, 4.69) is 15.5 Å². The van der Waals surface area contributed by atoms with Gasteiger partial charge in [-0.25, -0.2) is 9.97 Å². The van der Waals surface area contributed by atoms with E-state index in [0.717, 1.165) is 4.88 Å². The lowest BCUT2D eigenvalue weighted by molar-refractivity contribution is 0.576. The van der Waals surface area contributed by atoms with Gasteiger partial charge in [-0.1, -0.05) is 0 Å². The molecule has 0 aliphatic heterocycles. The molecule has 2 aromatic rings. The van der Waals surface area contributed by atoms with Gasteiger partial charge in [-0.15, -0.1) is 11.3 Å². The molecule has 49 valence electrons. The second kappa shape index (κ2) is 2.22. The van der Waals surface area contributed by atoms with Gasteiger partial charge in [0.2, 0.25) is 5.89 Å². The van der Waals surface area contributed by atoms with Crippen molar-refractivity contribution in [1.29, 1.82) is 0 Å². The van der Waals surface area contributed by atoms with E-state index in [4.69, 9.17) is 4.42 Å². The summed E-state index contributed by atoms with van der Waals surface area (Å²) in [6.45, 7) is 0. The zero-order valence-electron chi connectivity index (χ0n) is 4.94. The minimum atomic E-state index is 0.610. The lowest BCUT2D eigenvalue weighted by Crippen LogP contribution is -1.66. The van der Waals surface area contributed by atoms with Gasteiger partial charge in [0.05, 0.1) is 12.4 Å². The smallest absolute Gasteiger partial charge is 0.237 e. The lowest BCUT2D eigenvalue weighted by Gasteiger charge is -1.81. The Morgan fingerprint density at radius 2 is 2.60 bits per heavy atom. The Bertz CT molecular complexity index is 255. The number of thiazole rings is 1. The minimum absolute atomic E-state index is 0.610. The van der Waals surface area contributed by atoms with Crippen LogP contribution in [0, 0.1) is 5.51 Å². The Labute approximate surface area is 61.4 Å². The molecule has 0 N–H and O–H groups in total. The van der Waals surface area contributed by atoms with E-state index in [9.17, 15) is 0 Å². The van der Waals surface area contributed by atoms with E-state index < -0.39 is 0 Å². The maximum absolute atomic E-state index is 5.02. The number of rotatable bonds is 1. The summed E-state index contributed by atoms with van der Waals surface area (Å²) < 4.78 is 5.02. The van der Waals surface area contributed by atoms with E-state index >= 15 is 0 Å². The Balaban J connectivity index is 2.48. The van der Waals surface area contributed by atoms with Gasteiger partial charge in [0.15, 0.2) is 5.51 Å². The quantitative estimate of drug-likeness (QED) is 0.621. The van der Waals surface area contributed by atoms with Gasteiger partial charge in [-0.05, 0) is 0 Å². The third-order valence-corrected chi connectivity index (χ3v) is 1.73. The van der Waals surface area contributed by atoms with Crippen LogP contribution in [0.5, 0.6) is 0 Å². The second-order valence-electron chi connectivity index (χ2n) is 1.65. The predicted octanol–water partition coefficient (Wildman–Crippen LogP) is 1.60. The van der Waals surface area contributed by atoms with Crippen molar-refractivity contribution in [3.8, 4) is 10.8 Å². The Morgan fingerprint density at radius 3 is 3.20 bits per heavy atom. The van der Waals surface area contributed by atoms with Crippen LogP contribution < -0.4 is 0 Å². The molecule has 1 radical (unpaired) electrons. The Kier molecular flexibility index (Phi) is 1.25. The molecule has 0 saturated heterocycles. The SMILES string of the molecule is [c]1ncc(-c2ncco2)s1. The van der Waals surface area contributed by atoms with Crippen LogP contribution in [-0.4, -0.2) is 9.97 Å². The molecule has 0 atom stereocenters. The molecule has 0 spiro atoms. The molecule has 0 bridgehead atoms. The van der Waals surface area contributed by atoms with Gasteiger partial charge in [0.1, 0.15) is 11.1 Å². The molecular weight excluding hydrogens is 148 g/mol. The molecule has 2 aromatic heterocycles. The number of nitrogens with zero attached hydrogens (tertiary/aromatic N) is 2. The molecule has 0 aliphatic rings. The summed E-state index contributed by atoms with van der Waals surface area (Å²) in [7, 11) is 0. The Morgan fingerprint density at radius 1 is 1.60 bits per heavy atom. The average molecular weight is 151 g/mol. The average Bonchev–Trinajstić information content (AvgIpc) is 2.59. The van der Waals surface area contributed by atoms with Gasteiger partial charge >= 0.3 is 0 Å². The van der Waals surface area contributed by atoms with E-state index in [1.165, 1.54) is 17.6 Å². The summed E-state index contributed by atoms with van der Waals surface area (Å²) in [6.07, 6.45) is 4.82. The van der Waals surface area contributed by atoms with Crippen molar-refractivity contribution in [2.45, 2.75) is 0 Å². The largest absolute Gasteiger partial charge is 0.444 e.